The lowest BCUT2D eigenvalue weighted by Gasteiger charge is -2.06. The Hall–Kier alpha value is -1.90. The van der Waals surface area contributed by atoms with Gasteiger partial charge in [-0.3, -0.25) is 0 Å². The van der Waals surface area contributed by atoms with Crippen LogP contribution >= 0.6 is 0 Å². The van der Waals surface area contributed by atoms with Crippen LogP contribution in [0.1, 0.15) is 17.7 Å². The van der Waals surface area contributed by atoms with Gasteiger partial charge in [0.2, 0.25) is 0 Å². The largest absolute Gasteiger partial charge is 0.506 e. The molecule has 6 heteroatoms. The van der Waals surface area contributed by atoms with Gasteiger partial charge in [-0.1, -0.05) is 0 Å². The lowest BCUT2D eigenvalue weighted by molar-refractivity contribution is 0.142. The second kappa shape index (κ2) is 3.87. The molecule has 14 heavy (non-hydrogen) atoms. The number of aromatic hydroxyl groups is 1. The number of pyridine rings is 1. The monoisotopic (exact) mass is 199 g/mol. The molecule has 0 aromatic carbocycles. The van der Waals surface area contributed by atoms with E-state index in [1.807, 2.05) is 0 Å². The molecule has 4 nitrogen and oxygen atoms in total. The molecule has 0 unspecified atom stereocenters. The van der Waals surface area contributed by atoms with Crippen molar-refractivity contribution in [2.75, 3.05) is 5.73 Å². The Morgan fingerprint density at radius 1 is 1.64 bits per heavy atom. The van der Waals surface area contributed by atoms with E-state index >= 15 is 0 Å². The normalized spacial score (nSPS) is 10.1. The first-order valence-electron chi connectivity index (χ1n) is 3.69. The number of rotatable bonds is 2. The molecule has 0 aliphatic heterocycles. The van der Waals surface area contributed by atoms with Crippen molar-refractivity contribution < 1.29 is 13.9 Å². The van der Waals surface area contributed by atoms with Crippen molar-refractivity contribution in [3.05, 3.63) is 17.3 Å². The molecule has 0 bridgehead atoms. The van der Waals surface area contributed by atoms with Gasteiger partial charge >= 0.3 is 0 Å². The van der Waals surface area contributed by atoms with Gasteiger partial charge in [0.15, 0.2) is 5.69 Å². The van der Waals surface area contributed by atoms with Gasteiger partial charge in [-0.05, 0) is 6.07 Å². The fourth-order valence-corrected chi connectivity index (χ4v) is 0.959. The predicted octanol–water partition coefficient (Wildman–Crippen LogP) is 1.37. The fourth-order valence-electron chi connectivity index (χ4n) is 0.959. The van der Waals surface area contributed by atoms with Gasteiger partial charge in [-0.25, -0.2) is 13.8 Å². The van der Waals surface area contributed by atoms with Gasteiger partial charge < -0.3 is 10.8 Å². The van der Waals surface area contributed by atoms with E-state index in [0.717, 1.165) is 6.07 Å². The number of alkyl halides is 2. The third-order valence-electron chi connectivity index (χ3n) is 1.62. The summed E-state index contributed by atoms with van der Waals surface area (Å²) in [4.78, 5) is 3.32. The van der Waals surface area contributed by atoms with Crippen LogP contribution in [-0.4, -0.2) is 10.1 Å². The molecule has 0 radical (unpaired) electrons. The van der Waals surface area contributed by atoms with E-state index in [1.165, 1.54) is 0 Å². The van der Waals surface area contributed by atoms with Crippen LogP contribution in [0.4, 0.5) is 14.6 Å². The summed E-state index contributed by atoms with van der Waals surface area (Å²) in [5.41, 5.74) is 4.79. The maximum Gasteiger partial charge on any atom is 0.284 e. The summed E-state index contributed by atoms with van der Waals surface area (Å²) in [7, 11) is 0. The third kappa shape index (κ3) is 1.88. The Kier molecular flexibility index (Phi) is 2.82. The minimum atomic E-state index is -2.88. The molecule has 0 aliphatic rings. The number of hydrogen-bond acceptors (Lipinski definition) is 4. The SMILES string of the molecule is N#CCc1cc(O)c(C(F)F)nc1N. The maximum absolute atomic E-state index is 12.2. The lowest BCUT2D eigenvalue weighted by atomic mass is 10.1. The molecule has 0 atom stereocenters. The van der Waals surface area contributed by atoms with Gasteiger partial charge in [-0.15, -0.1) is 0 Å². The van der Waals surface area contributed by atoms with E-state index < -0.39 is 17.9 Å². The van der Waals surface area contributed by atoms with Crippen LogP contribution in [0, 0.1) is 11.3 Å². The highest BCUT2D eigenvalue weighted by Gasteiger charge is 2.17. The second-order valence-corrected chi connectivity index (χ2v) is 2.57. The number of halogens is 2. The van der Waals surface area contributed by atoms with Crippen molar-refractivity contribution in [3.8, 4) is 11.8 Å². The number of nitrogens with two attached hydrogens (primary N) is 1. The summed E-state index contributed by atoms with van der Waals surface area (Å²) in [6.45, 7) is 0. The van der Waals surface area contributed by atoms with Crippen molar-refractivity contribution in [1.29, 1.82) is 5.26 Å². The zero-order valence-electron chi connectivity index (χ0n) is 7.04. The Balaban J connectivity index is 3.18. The van der Waals surface area contributed by atoms with Crippen molar-refractivity contribution in [2.45, 2.75) is 12.8 Å². The highest BCUT2D eigenvalue weighted by Crippen LogP contribution is 2.29. The average Bonchev–Trinajstić information content (AvgIpc) is 2.10. The zero-order valence-corrected chi connectivity index (χ0v) is 7.04. The van der Waals surface area contributed by atoms with Gasteiger partial charge in [0, 0.05) is 5.56 Å². The Morgan fingerprint density at radius 2 is 2.29 bits per heavy atom. The fraction of sp³-hybridized carbons (Fsp3) is 0.250. The Morgan fingerprint density at radius 3 is 2.79 bits per heavy atom. The van der Waals surface area contributed by atoms with E-state index in [2.05, 4.69) is 4.98 Å². The topological polar surface area (TPSA) is 82.9 Å². The molecule has 3 N–H and O–H groups in total. The molecule has 0 fully saturated rings. The summed E-state index contributed by atoms with van der Waals surface area (Å²) in [6, 6.07) is 2.82. The molecular weight excluding hydrogens is 192 g/mol. The Bertz CT molecular complexity index is 387. The van der Waals surface area contributed by atoms with Crippen LogP contribution in [0.15, 0.2) is 6.07 Å². The zero-order chi connectivity index (χ0) is 10.7. The van der Waals surface area contributed by atoms with E-state index in [4.69, 9.17) is 16.1 Å². The number of hydrogen-bond donors (Lipinski definition) is 2. The highest BCUT2D eigenvalue weighted by molar-refractivity contribution is 5.47. The van der Waals surface area contributed by atoms with Gasteiger partial charge in [0.25, 0.3) is 6.43 Å². The Labute approximate surface area is 78.6 Å². The van der Waals surface area contributed by atoms with Crippen LogP contribution in [0.25, 0.3) is 0 Å². The molecule has 74 valence electrons. The molecule has 0 saturated heterocycles. The van der Waals surface area contributed by atoms with Crippen LogP contribution < -0.4 is 5.73 Å². The molecule has 0 spiro atoms. The first kappa shape index (κ1) is 10.2. The van der Waals surface area contributed by atoms with Gasteiger partial charge in [0.1, 0.15) is 11.6 Å². The van der Waals surface area contributed by atoms with Gasteiger partial charge in [0.05, 0.1) is 12.5 Å². The van der Waals surface area contributed by atoms with Crippen molar-refractivity contribution >= 4 is 5.82 Å². The summed E-state index contributed by atoms with van der Waals surface area (Å²) in [6.07, 6.45) is -2.95. The quantitative estimate of drug-likeness (QED) is 0.753. The first-order valence-corrected chi connectivity index (χ1v) is 3.69. The van der Waals surface area contributed by atoms with E-state index in [9.17, 15) is 8.78 Å². The number of nitrogens with zero attached hydrogens (tertiary/aromatic N) is 2. The van der Waals surface area contributed by atoms with E-state index in [-0.39, 0.29) is 17.8 Å². The molecular formula is C8H7F2N3O. The molecule has 1 heterocycles. The number of anilines is 1. The number of aromatic nitrogens is 1. The molecule has 0 aliphatic carbocycles. The van der Waals surface area contributed by atoms with Crippen molar-refractivity contribution in [2.24, 2.45) is 0 Å². The van der Waals surface area contributed by atoms with Crippen molar-refractivity contribution in [3.63, 3.8) is 0 Å². The predicted molar refractivity (Wildman–Crippen MR) is 44.6 cm³/mol. The first-order chi connectivity index (χ1) is 6.56. The number of nitriles is 1. The van der Waals surface area contributed by atoms with Gasteiger partial charge in [-0.2, -0.15) is 5.26 Å². The lowest BCUT2D eigenvalue weighted by Crippen LogP contribution is -2.01. The molecule has 0 amide bonds. The smallest absolute Gasteiger partial charge is 0.284 e. The molecule has 0 saturated carbocycles. The highest BCUT2D eigenvalue weighted by atomic mass is 19.3. The standard InChI is InChI=1S/C8H7F2N3O/c9-7(10)6-5(14)3-4(1-2-11)8(12)13-6/h3,7,14H,1H2,(H2,12,13). The molecule has 1 rings (SSSR count). The molecule has 1 aromatic heterocycles. The third-order valence-corrected chi connectivity index (χ3v) is 1.62. The minimum absolute atomic E-state index is 0.0735. The van der Waals surface area contributed by atoms with Crippen LogP contribution in [0.5, 0.6) is 5.75 Å². The minimum Gasteiger partial charge on any atom is -0.506 e. The van der Waals surface area contributed by atoms with Crippen LogP contribution in [0.2, 0.25) is 0 Å². The summed E-state index contributed by atoms with van der Waals surface area (Å²) in [5.74, 6) is -0.792. The molecule has 1 aromatic rings. The summed E-state index contributed by atoms with van der Waals surface area (Å²) in [5, 5.41) is 17.5. The maximum atomic E-state index is 12.2. The van der Waals surface area contributed by atoms with Crippen LogP contribution in [0.3, 0.4) is 0 Å². The average molecular weight is 199 g/mol. The number of nitrogen functional groups attached to an aromatic ring is 1. The summed E-state index contributed by atoms with van der Waals surface area (Å²) < 4.78 is 24.4. The van der Waals surface area contributed by atoms with E-state index in [1.54, 1.807) is 6.07 Å². The second-order valence-electron chi connectivity index (χ2n) is 2.57. The summed E-state index contributed by atoms with van der Waals surface area (Å²) >= 11 is 0. The van der Waals surface area contributed by atoms with E-state index in [0.29, 0.717) is 0 Å². The van der Waals surface area contributed by atoms with Crippen LogP contribution in [-0.2, 0) is 6.42 Å². The van der Waals surface area contributed by atoms with Crippen molar-refractivity contribution in [1.82, 2.24) is 4.98 Å².